The van der Waals surface area contributed by atoms with E-state index in [0.717, 1.165) is 36.4 Å². The Morgan fingerprint density at radius 1 is 0.654 bits per heavy atom. The molecule has 0 spiro atoms. The normalized spacial score (nSPS) is 11.8. The number of rotatable bonds is 7. The second-order valence-electron chi connectivity index (χ2n) is 4.49. The SMILES string of the molecule is O=[N+]([O-])c1ccccc1S(=O)(=O)OOS(=O)(=O)c1ccccc1[N+](=O)[O-]. The summed E-state index contributed by atoms with van der Waals surface area (Å²) in [5, 5.41) is 21.7. The van der Waals surface area contributed by atoms with Gasteiger partial charge < -0.3 is 0 Å². The van der Waals surface area contributed by atoms with Gasteiger partial charge >= 0.3 is 20.2 Å². The Morgan fingerprint density at radius 2 is 0.962 bits per heavy atom. The van der Waals surface area contributed by atoms with Crippen LogP contribution in [0.1, 0.15) is 0 Å². The molecule has 0 saturated heterocycles. The average Bonchev–Trinajstić information content (AvgIpc) is 2.60. The molecule has 0 amide bonds. The first-order valence-electron chi connectivity index (χ1n) is 6.41. The van der Waals surface area contributed by atoms with Crippen LogP contribution in [0.25, 0.3) is 0 Å². The van der Waals surface area contributed by atoms with E-state index in [-0.39, 0.29) is 0 Å². The predicted octanol–water partition coefficient (Wildman–Crippen LogP) is 1.53. The first-order chi connectivity index (χ1) is 12.1. The Hall–Kier alpha value is -2.94. The maximum Gasteiger partial charge on any atom is 0.331 e. The van der Waals surface area contributed by atoms with Gasteiger partial charge in [0.2, 0.25) is 0 Å². The molecule has 0 aliphatic carbocycles. The summed E-state index contributed by atoms with van der Waals surface area (Å²) in [5.41, 5.74) is -1.75. The van der Waals surface area contributed by atoms with Gasteiger partial charge in [-0.1, -0.05) is 32.9 Å². The van der Waals surface area contributed by atoms with E-state index < -0.39 is 51.2 Å². The Bertz CT molecular complexity index is 991. The number of nitro benzene ring substituents is 2. The third-order valence-electron chi connectivity index (χ3n) is 2.87. The van der Waals surface area contributed by atoms with Crippen LogP contribution in [-0.4, -0.2) is 26.7 Å². The zero-order chi connectivity index (χ0) is 19.5. The first kappa shape index (κ1) is 19.4. The van der Waals surface area contributed by atoms with Crippen LogP contribution >= 0.6 is 0 Å². The second kappa shape index (κ2) is 7.12. The van der Waals surface area contributed by atoms with Crippen molar-refractivity contribution in [2.45, 2.75) is 9.79 Å². The molecule has 0 unspecified atom stereocenters. The lowest BCUT2D eigenvalue weighted by molar-refractivity contribution is -0.388. The summed E-state index contributed by atoms with van der Waals surface area (Å²) in [4.78, 5) is 17.8. The Labute approximate surface area is 146 Å². The minimum atomic E-state index is -5.02. The van der Waals surface area contributed by atoms with Gasteiger partial charge in [-0.25, -0.2) is 0 Å². The molecule has 12 nitrogen and oxygen atoms in total. The summed E-state index contributed by atoms with van der Waals surface area (Å²) in [6, 6.07) is 7.95. The van der Waals surface area contributed by atoms with Crippen LogP contribution in [0, 0.1) is 20.2 Å². The quantitative estimate of drug-likeness (QED) is 0.374. The highest BCUT2D eigenvalue weighted by Crippen LogP contribution is 2.28. The minimum Gasteiger partial charge on any atom is -0.258 e. The molecule has 14 heteroatoms. The highest BCUT2D eigenvalue weighted by Gasteiger charge is 2.32. The van der Waals surface area contributed by atoms with Crippen LogP contribution in [0.4, 0.5) is 11.4 Å². The maximum atomic E-state index is 12.0. The molecule has 0 radical (unpaired) electrons. The maximum absolute atomic E-state index is 12.0. The number of hydrogen-bond acceptors (Lipinski definition) is 10. The molecular weight excluding hydrogens is 396 g/mol. The monoisotopic (exact) mass is 404 g/mol. The third-order valence-corrected chi connectivity index (χ3v) is 5.22. The first-order valence-corrected chi connectivity index (χ1v) is 9.22. The van der Waals surface area contributed by atoms with Crippen molar-refractivity contribution >= 4 is 31.6 Å². The summed E-state index contributed by atoms with van der Waals surface area (Å²) in [5.74, 6) is 0. The van der Waals surface area contributed by atoms with Crippen LogP contribution in [0.3, 0.4) is 0 Å². The van der Waals surface area contributed by atoms with E-state index in [1.807, 2.05) is 0 Å². The van der Waals surface area contributed by atoms with E-state index in [9.17, 15) is 37.1 Å². The molecule has 2 rings (SSSR count). The molecule has 0 aromatic heterocycles. The molecule has 0 aliphatic rings. The van der Waals surface area contributed by atoms with Crippen LogP contribution in [0.15, 0.2) is 58.3 Å². The van der Waals surface area contributed by atoms with Crippen molar-refractivity contribution in [1.29, 1.82) is 0 Å². The molecule has 26 heavy (non-hydrogen) atoms. The van der Waals surface area contributed by atoms with Gasteiger partial charge in [-0.2, -0.15) is 16.8 Å². The van der Waals surface area contributed by atoms with E-state index in [4.69, 9.17) is 0 Å². The summed E-state index contributed by atoms with van der Waals surface area (Å²) in [7, 11) is -10.0. The second-order valence-corrected chi connectivity index (χ2v) is 7.46. The summed E-state index contributed by atoms with van der Waals surface area (Å²) in [6.45, 7) is 0. The van der Waals surface area contributed by atoms with Crippen molar-refractivity contribution in [3.8, 4) is 0 Å². The fraction of sp³-hybridized carbons (Fsp3) is 0. The average molecular weight is 404 g/mol. The molecule has 0 fully saturated rings. The lowest BCUT2D eigenvalue weighted by Gasteiger charge is -2.06. The topological polar surface area (TPSA) is 173 Å². The largest absolute Gasteiger partial charge is 0.331 e. The van der Waals surface area contributed by atoms with Gasteiger partial charge in [0.25, 0.3) is 11.4 Å². The number of hydrogen-bond donors (Lipinski definition) is 0. The molecule has 0 heterocycles. The number of nitrogens with zero attached hydrogens (tertiary/aromatic N) is 2. The van der Waals surface area contributed by atoms with Crippen LogP contribution in [0.5, 0.6) is 0 Å². The summed E-state index contributed by atoms with van der Waals surface area (Å²) in [6.07, 6.45) is 0. The predicted molar refractivity (Wildman–Crippen MR) is 82.7 cm³/mol. The van der Waals surface area contributed by atoms with E-state index in [1.165, 1.54) is 12.1 Å². The molecule has 0 N–H and O–H groups in total. The highest BCUT2D eigenvalue weighted by molar-refractivity contribution is 7.89. The van der Waals surface area contributed by atoms with Crippen LogP contribution in [-0.2, 0) is 28.9 Å². The van der Waals surface area contributed by atoms with Gasteiger partial charge in [0.15, 0.2) is 9.79 Å². The Morgan fingerprint density at radius 3 is 1.27 bits per heavy atom. The lowest BCUT2D eigenvalue weighted by Crippen LogP contribution is -2.15. The number of benzene rings is 2. The Balaban J connectivity index is 2.36. The zero-order valence-electron chi connectivity index (χ0n) is 12.4. The van der Waals surface area contributed by atoms with E-state index >= 15 is 0 Å². The minimum absolute atomic E-state index is 0.800. The van der Waals surface area contributed by atoms with Crippen molar-refractivity contribution in [3.63, 3.8) is 0 Å². The van der Waals surface area contributed by atoms with Gasteiger partial charge in [0, 0.05) is 12.1 Å². The van der Waals surface area contributed by atoms with Crippen molar-refractivity contribution in [1.82, 2.24) is 0 Å². The molecule has 0 saturated carbocycles. The third kappa shape index (κ3) is 3.99. The fourth-order valence-electron chi connectivity index (χ4n) is 1.79. The van der Waals surface area contributed by atoms with Crippen molar-refractivity contribution in [3.05, 3.63) is 68.8 Å². The lowest BCUT2D eigenvalue weighted by atomic mass is 10.3. The highest BCUT2D eigenvalue weighted by atomic mass is 32.2. The molecule has 0 bridgehead atoms. The van der Waals surface area contributed by atoms with Crippen molar-refractivity contribution in [2.24, 2.45) is 0 Å². The van der Waals surface area contributed by atoms with E-state index in [0.29, 0.717) is 0 Å². The standard InChI is InChI=1S/C12H8N2O10S2/c15-13(16)9-5-1-3-7-11(9)25(19,20)23-24-26(21,22)12-8-4-2-6-10(12)14(17)18/h1-8H. The Kier molecular flexibility index (Phi) is 5.31. The summed E-state index contributed by atoms with van der Waals surface area (Å²) < 4.78 is 55.9. The smallest absolute Gasteiger partial charge is 0.258 e. The molecular formula is C12H8N2O10S2. The number of nitro groups is 2. The van der Waals surface area contributed by atoms with E-state index in [1.54, 1.807) is 0 Å². The summed E-state index contributed by atoms with van der Waals surface area (Å²) >= 11 is 0. The van der Waals surface area contributed by atoms with Gasteiger partial charge in [-0.15, -0.1) is 0 Å². The van der Waals surface area contributed by atoms with Gasteiger partial charge in [0.1, 0.15) is 0 Å². The zero-order valence-corrected chi connectivity index (χ0v) is 14.0. The molecule has 0 atom stereocenters. The molecule has 2 aromatic rings. The molecule has 138 valence electrons. The van der Waals surface area contributed by atoms with E-state index in [2.05, 4.69) is 8.67 Å². The van der Waals surface area contributed by atoms with Gasteiger partial charge in [-0.3, -0.25) is 20.2 Å². The van der Waals surface area contributed by atoms with Crippen LogP contribution < -0.4 is 0 Å². The molecule has 0 aliphatic heterocycles. The fourth-order valence-corrected chi connectivity index (χ4v) is 3.80. The van der Waals surface area contributed by atoms with Crippen molar-refractivity contribution < 1.29 is 35.3 Å². The number of para-hydroxylation sites is 2. The van der Waals surface area contributed by atoms with Crippen molar-refractivity contribution in [2.75, 3.05) is 0 Å². The molecule has 2 aromatic carbocycles. The van der Waals surface area contributed by atoms with Gasteiger partial charge in [-0.05, 0) is 12.1 Å². The van der Waals surface area contributed by atoms with Gasteiger partial charge in [0.05, 0.1) is 9.85 Å². The van der Waals surface area contributed by atoms with Crippen LogP contribution in [0.2, 0.25) is 0 Å².